The first-order valence-electron chi connectivity index (χ1n) is 8.37. The zero-order valence-corrected chi connectivity index (χ0v) is 13.9. The van der Waals surface area contributed by atoms with E-state index in [2.05, 4.69) is 15.5 Å². The topological polar surface area (TPSA) is 83.5 Å². The van der Waals surface area contributed by atoms with E-state index >= 15 is 0 Å². The monoisotopic (exact) mass is 347 g/mol. The fourth-order valence-electron chi connectivity index (χ4n) is 2.94. The molecule has 130 valence electrons. The van der Waals surface area contributed by atoms with E-state index in [1.165, 1.54) is 0 Å². The van der Waals surface area contributed by atoms with Gasteiger partial charge < -0.3 is 15.1 Å². The van der Waals surface area contributed by atoms with Gasteiger partial charge in [0.1, 0.15) is 0 Å². The SMILES string of the molecule is O=C(NCc1cc2ccccc2[nH]c1=O)C1CC(c2ccccc2)=NO1. The van der Waals surface area contributed by atoms with Crippen molar-refractivity contribution < 1.29 is 9.63 Å². The number of carbonyl (C=O) groups excluding carboxylic acids is 1. The molecule has 1 aromatic heterocycles. The molecule has 0 saturated carbocycles. The maximum Gasteiger partial charge on any atom is 0.264 e. The minimum Gasteiger partial charge on any atom is -0.382 e. The first-order valence-corrected chi connectivity index (χ1v) is 8.37. The van der Waals surface area contributed by atoms with Gasteiger partial charge in [0.05, 0.1) is 5.71 Å². The lowest BCUT2D eigenvalue weighted by atomic mass is 10.0. The lowest BCUT2D eigenvalue weighted by Gasteiger charge is -2.09. The molecular formula is C20H17N3O3. The summed E-state index contributed by atoms with van der Waals surface area (Å²) in [7, 11) is 0. The summed E-state index contributed by atoms with van der Waals surface area (Å²) in [4.78, 5) is 32.6. The summed E-state index contributed by atoms with van der Waals surface area (Å²) in [6, 6.07) is 18.9. The van der Waals surface area contributed by atoms with Crippen LogP contribution in [0.15, 0.2) is 70.6 Å². The van der Waals surface area contributed by atoms with Crippen molar-refractivity contribution in [2.45, 2.75) is 19.1 Å². The highest BCUT2D eigenvalue weighted by atomic mass is 16.6. The number of rotatable bonds is 4. The van der Waals surface area contributed by atoms with E-state index in [4.69, 9.17) is 4.84 Å². The highest BCUT2D eigenvalue weighted by Gasteiger charge is 2.28. The van der Waals surface area contributed by atoms with E-state index in [0.29, 0.717) is 12.0 Å². The van der Waals surface area contributed by atoms with Gasteiger partial charge in [0.15, 0.2) is 0 Å². The van der Waals surface area contributed by atoms with Gasteiger partial charge in [0, 0.05) is 24.0 Å². The van der Waals surface area contributed by atoms with Crippen molar-refractivity contribution in [3.8, 4) is 0 Å². The molecule has 1 aliphatic rings. The predicted octanol–water partition coefficient (Wildman–Crippen LogP) is 2.34. The van der Waals surface area contributed by atoms with Crippen molar-refractivity contribution in [3.63, 3.8) is 0 Å². The van der Waals surface area contributed by atoms with Gasteiger partial charge in [-0.15, -0.1) is 0 Å². The number of benzene rings is 2. The summed E-state index contributed by atoms with van der Waals surface area (Å²) in [6.07, 6.45) is -0.269. The lowest BCUT2D eigenvalue weighted by molar-refractivity contribution is -0.131. The smallest absolute Gasteiger partial charge is 0.264 e. The molecule has 1 amide bonds. The third-order valence-corrected chi connectivity index (χ3v) is 4.35. The molecule has 0 saturated heterocycles. The molecule has 0 fully saturated rings. The molecule has 26 heavy (non-hydrogen) atoms. The van der Waals surface area contributed by atoms with Crippen molar-refractivity contribution in [1.29, 1.82) is 0 Å². The molecule has 1 unspecified atom stereocenters. The number of fused-ring (bicyclic) bond motifs is 1. The average molecular weight is 347 g/mol. The Kier molecular flexibility index (Phi) is 4.23. The van der Waals surface area contributed by atoms with Crippen LogP contribution in [0.25, 0.3) is 10.9 Å². The predicted molar refractivity (Wildman–Crippen MR) is 98.9 cm³/mol. The third-order valence-electron chi connectivity index (χ3n) is 4.35. The normalized spacial score (nSPS) is 16.2. The number of amides is 1. The van der Waals surface area contributed by atoms with E-state index in [-0.39, 0.29) is 18.0 Å². The Hall–Kier alpha value is -3.41. The van der Waals surface area contributed by atoms with Crippen LogP contribution in [0.4, 0.5) is 0 Å². The Morgan fingerprint density at radius 1 is 1.15 bits per heavy atom. The fourth-order valence-corrected chi connectivity index (χ4v) is 2.94. The van der Waals surface area contributed by atoms with Crippen LogP contribution in [-0.2, 0) is 16.2 Å². The fraction of sp³-hybridized carbons (Fsp3) is 0.150. The van der Waals surface area contributed by atoms with Crippen LogP contribution < -0.4 is 10.9 Å². The molecule has 2 N–H and O–H groups in total. The molecule has 0 radical (unpaired) electrons. The van der Waals surface area contributed by atoms with Gasteiger partial charge in [-0.1, -0.05) is 53.7 Å². The number of aromatic amines is 1. The molecule has 4 rings (SSSR count). The molecular weight excluding hydrogens is 330 g/mol. The van der Waals surface area contributed by atoms with E-state index in [0.717, 1.165) is 22.2 Å². The summed E-state index contributed by atoms with van der Waals surface area (Å²) < 4.78 is 0. The third kappa shape index (κ3) is 3.21. The van der Waals surface area contributed by atoms with Gasteiger partial charge in [0.2, 0.25) is 6.10 Å². The van der Waals surface area contributed by atoms with Gasteiger partial charge in [-0.25, -0.2) is 0 Å². The lowest BCUT2D eigenvalue weighted by Crippen LogP contribution is -2.35. The molecule has 6 heteroatoms. The zero-order chi connectivity index (χ0) is 17.9. The van der Waals surface area contributed by atoms with Crippen molar-refractivity contribution in [3.05, 3.63) is 82.1 Å². The van der Waals surface area contributed by atoms with Crippen LogP contribution in [0, 0.1) is 0 Å². The Morgan fingerprint density at radius 2 is 1.92 bits per heavy atom. The highest BCUT2D eigenvalue weighted by Crippen LogP contribution is 2.17. The largest absolute Gasteiger partial charge is 0.382 e. The maximum atomic E-state index is 12.3. The number of nitrogens with zero attached hydrogens (tertiary/aromatic N) is 1. The second kappa shape index (κ2) is 6.84. The summed E-state index contributed by atoms with van der Waals surface area (Å²) in [5.41, 5.74) is 2.74. The number of H-pyrrole nitrogens is 1. The number of aromatic nitrogens is 1. The van der Waals surface area contributed by atoms with Crippen LogP contribution in [0.3, 0.4) is 0 Å². The van der Waals surface area contributed by atoms with Gasteiger partial charge in [-0.05, 0) is 23.1 Å². The Morgan fingerprint density at radius 3 is 2.77 bits per heavy atom. The van der Waals surface area contributed by atoms with E-state index in [9.17, 15) is 9.59 Å². The van der Waals surface area contributed by atoms with Crippen LogP contribution in [0.1, 0.15) is 17.5 Å². The molecule has 1 aliphatic heterocycles. The number of pyridine rings is 1. The number of nitrogens with one attached hydrogen (secondary N) is 2. The van der Waals surface area contributed by atoms with Crippen LogP contribution in [0.5, 0.6) is 0 Å². The summed E-state index contributed by atoms with van der Waals surface area (Å²) in [6.45, 7) is 0.138. The number of para-hydroxylation sites is 1. The van der Waals surface area contributed by atoms with Crippen molar-refractivity contribution in [2.75, 3.05) is 0 Å². The van der Waals surface area contributed by atoms with Gasteiger partial charge in [-0.2, -0.15) is 0 Å². The second-order valence-corrected chi connectivity index (χ2v) is 6.13. The first kappa shape index (κ1) is 16.1. The quantitative estimate of drug-likeness (QED) is 0.760. The minimum absolute atomic E-state index is 0.138. The second-order valence-electron chi connectivity index (χ2n) is 6.13. The summed E-state index contributed by atoms with van der Waals surface area (Å²) in [5, 5.41) is 7.69. The van der Waals surface area contributed by atoms with E-state index in [1.807, 2.05) is 54.6 Å². The molecule has 3 aromatic rings. The standard InChI is InChI=1S/C20H17N3O3/c24-19-15(10-14-8-4-5-9-16(14)22-19)12-21-20(25)18-11-17(23-26-18)13-6-2-1-3-7-13/h1-10,18H,11-12H2,(H,21,25)(H,22,24). The number of hydrogen-bond donors (Lipinski definition) is 2. The molecule has 1 atom stereocenters. The molecule has 0 aliphatic carbocycles. The maximum absolute atomic E-state index is 12.3. The van der Waals surface area contributed by atoms with Crippen LogP contribution in [0.2, 0.25) is 0 Å². The van der Waals surface area contributed by atoms with E-state index < -0.39 is 6.10 Å². The van der Waals surface area contributed by atoms with Gasteiger partial charge >= 0.3 is 0 Å². The molecule has 2 heterocycles. The van der Waals surface area contributed by atoms with Crippen molar-refractivity contribution >= 4 is 22.5 Å². The minimum atomic E-state index is -0.676. The highest BCUT2D eigenvalue weighted by molar-refractivity contribution is 6.04. The van der Waals surface area contributed by atoms with Crippen LogP contribution >= 0.6 is 0 Å². The molecule has 6 nitrogen and oxygen atoms in total. The Labute approximate surface area is 149 Å². The number of hydrogen-bond acceptors (Lipinski definition) is 4. The number of carbonyl (C=O) groups is 1. The van der Waals surface area contributed by atoms with Gasteiger partial charge in [-0.3, -0.25) is 9.59 Å². The zero-order valence-electron chi connectivity index (χ0n) is 13.9. The first-order chi connectivity index (χ1) is 12.7. The van der Waals surface area contributed by atoms with Crippen LogP contribution in [-0.4, -0.2) is 22.7 Å². The van der Waals surface area contributed by atoms with E-state index in [1.54, 1.807) is 6.07 Å². The number of oxime groups is 1. The van der Waals surface area contributed by atoms with Crippen molar-refractivity contribution in [2.24, 2.45) is 5.16 Å². The van der Waals surface area contributed by atoms with Gasteiger partial charge in [0.25, 0.3) is 11.5 Å². The van der Waals surface area contributed by atoms with Crippen molar-refractivity contribution in [1.82, 2.24) is 10.3 Å². The Bertz CT molecular complexity index is 1040. The molecule has 0 bridgehead atoms. The average Bonchev–Trinajstić information content (AvgIpc) is 3.17. The summed E-state index contributed by atoms with van der Waals surface area (Å²) >= 11 is 0. The Balaban J connectivity index is 1.41. The molecule has 0 spiro atoms. The summed E-state index contributed by atoms with van der Waals surface area (Å²) in [5.74, 6) is -0.285. The molecule has 2 aromatic carbocycles.